The van der Waals surface area contributed by atoms with Gasteiger partial charge < -0.3 is 20.1 Å². The summed E-state index contributed by atoms with van der Waals surface area (Å²) in [5, 5.41) is 31.8. The van der Waals surface area contributed by atoms with E-state index in [1.54, 1.807) is 6.92 Å². The van der Waals surface area contributed by atoms with Crippen LogP contribution in [-0.4, -0.2) is 33.6 Å². The number of benzene rings is 3. The number of halogens is 2. The number of nitrogens with zero attached hydrogens (tertiary/aromatic N) is 1. The molecule has 1 aliphatic rings. The quantitative estimate of drug-likeness (QED) is 0.270. The number of ketones is 1. The van der Waals surface area contributed by atoms with Gasteiger partial charge in [-0.05, 0) is 67.1 Å². The topological polar surface area (TPSA) is 107 Å². The van der Waals surface area contributed by atoms with Gasteiger partial charge in [0, 0.05) is 10.6 Å². The zero-order valence-corrected chi connectivity index (χ0v) is 18.6. The van der Waals surface area contributed by atoms with Crippen molar-refractivity contribution in [3.63, 3.8) is 0 Å². The second kappa shape index (κ2) is 9.07. The minimum Gasteiger partial charge on any atom is -0.507 e. The van der Waals surface area contributed by atoms with Gasteiger partial charge >= 0.3 is 0 Å². The Bertz CT molecular complexity index is 1320. The van der Waals surface area contributed by atoms with E-state index in [1.807, 2.05) is 0 Å². The molecule has 1 aliphatic heterocycles. The average Bonchev–Trinajstić information content (AvgIpc) is 3.07. The predicted molar refractivity (Wildman–Crippen MR) is 124 cm³/mol. The van der Waals surface area contributed by atoms with E-state index in [9.17, 15) is 29.3 Å². The monoisotopic (exact) mass is 483 g/mol. The van der Waals surface area contributed by atoms with Crippen molar-refractivity contribution >= 4 is 34.7 Å². The molecule has 9 heteroatoms. The molecule has 0 saturated carbocycles. The molecule has 0 radical (unpaired) electrons. The Hall–Kier alpha value is -4.04. The lowest BCUT2D eigenvalue weighted by molar-refractivity contribution is -0.132. The maximum Gasteiger partial charge on any atom is 0.300 e. The molecule has 0 spiro atoms. The minimum absolute atomic E-state index is 0.0520. The van der Waals surface area contributed by atoms with Crippen LogP contribution in [0.25, 0.3) is 5.76 Å². The van der Waals surface area contributed by atoms with Crippen LogP contribution in [-0.2, 0) is 9.59 Å². The molecule has 174 valence electrons. The maximum atomic E-state index is 13.4. The van der Waals surface area contributed by atoms with Crippen LogP contribution in [0.1, 0.15) is 24.1 Å². The van der Waals surface area contributed by atoms with Crippen LogP contribution in [0.4, 0.5) is 10.1 Å². The van der Waals surface area contributed by atoms with Crippen molar-refractivity contribution in [3.8, 4) is 17.2 Å². The van der Waals surface area contributed by atoms with Crippen LogP contribution in [0.2, 0.25) is 5.02 Å². The Morgan fingerprint density at radius 1 is 1.03 bits per heavy atom. The normalized spacial score (nSPS) is 17.3. The van der Waals surface area contributed by atoms with Crippen molar-refractivity contribution in [1.82, 2.24) is 0 Å². The molecule has 3 aromatic rings. The number of rotatable bonds is 5. The van der Waals surface area contributed by atoms with Crippen molar-refractivity contribution in [2.75, 3.05) is 11.5 Å². The number of aliphatic hydroxyl groups excluding tert-OH is 1. The molecule has 7 nitrogen and oxygen atoms in total. The lowest BCUT2D eigenvalue weighted by Crippen LogP contribution is -2.29. The number of phenolic OH excluding ortho intramolecular Hbond substituents is 2. The van der Waals surface area contributed by atoms with Crippen molar-refractivity contribution in [1.29, 1.82) is 0 Å². The highest BCUT2D eigenvalue weighted by molar-refractivity contribution is 6.52. The molecular formula is C25H19ClFNO6. The number of aliphatic hydroxyl groups is 1. The van der Waals surface area contributed by atoms with Crippen molar-refractivity contribution in [2.45, 2.75) is 13.0 Å². The number of hydrogen-bond acceptors (Lipinski definition) is 6. The zero-order valence-electron chi connectivity index (χ0n) is 17.8. The molecule has 3 N–H and O–H groups in total. The average molecular weight is 484 g/mol. The van der Waals surface area contributed by atoms with Crippen LogP contribution in [0.5, 0.6) is 17.2 Å². The van der Waals surface area contributed by atoms with E-state index in [0.29, 0.717) is 5.56 Å². The van der Waals surface area contributed by atoms with E-state index >= 15 is 0 Å². The molecular weight excluding hydrogens is 465 g/mol. The number of ether oxygens (including phenoxy) is 1. The molecule has 34 heavy (non-hydrogen) atoms. The summed E-state index contributed by atoms with van der Waals surface area (Å²) in [6.07, 6.45) is 0. The number of anilines is 1. The fourth-order valence-electron chi connectivity index (χ4n) is 3.82. The van der Waals surface area contributed by atoms with E-state index in [-0.39, 0.29) is 45.7 Å². The maximum absolute atomic E-state index is 13.4. The predicted octanol–water partition coefficient (Wildman–Crippen LogP) is 4.92. The first-order valence-electron chi connectivity index (χ1n) is 10.2. The van der Waals surface area contributed by atoms with E-state index in [2.05, 4.69) is 0 Å². The number of Topliss-reactive ketones (excluding diaryl/α,β-unsaturated/α-hetero) is 1. The van der Waals surface area contributed by atoms with E-state index in [4.69, 9.17) is 16.3 Å². The first kappa shape index (κ1) is 23.1. The van der Waals surface area contributed by atoms with Crippen molar-refractivity contribution < 1.29 is 34.0 Å². The molecule has 0 aliphatic carbocycles. The summed E-state index contributed by atoms with van der Waals surface area (Å²) >= 11 is 6.09. The SMILES string of the molecule is CCOc1cc(C2/C(=C(\O)c3ccc(F)cc3)C(=O)C(=O)N2c2cc(Cl)ccc2O)ccc1O. The molecule has 1 amide bonds. The molecule has 1 saturated heterocycles. The summed E-state index contributed by atoms with van der Waals surface area (Å²) in [6.45, 7) is 1.96. The van der Waals surface area contributed by atoms with Gasteiger partial charge in [0.15, 0.2) is 11.5 Å². The third kappa shape index (κ3) is 4.04. The molecule has 0 bridgehead atoms. The highest BCUT2D eigenvalue weighted by Crippen LogP contribution is 2.46. The number of hydrogen-bond donors (Lipinski definition) is 3. The van der Waals surface area contributed by atoms with Crippen LogP contribution in [0.15, 0.2) is 66.2 Å². The summed E-state index contributed by atoms with van der Waals surface area (Å²) in [6, 6.07) is 11.8. The Kier molecular flexibility index (Phi) is 6.17. The fraction of sp³-hybridized carbons (Fsp3) is 0.120. The first-order chi connectivity index (χ1) is 16.2. The number of phenols is 2. The van der Waals surface area contributed by atoms with Crippen LogP contribution < -0.4 is 9.64 Å². The van der Waals surface area contributed by atoms with Gasteiger partial charge in [0.1, 0.15) is 17.3 Å². The largest absolute Gasteiger partial charge is 0.507 e. The van der Waals surface area contributed by atoms with Crippen LogP contribution in [0, 0.1) is 5.82 Å². The Balaban J connectivity index is 1.99. The highest BCUT2D eigenvalue weighted by Gasteiger charge is 2.48. The number of carbonyl (C=O) groups excluding carboxylic acids is 2. The molecule has 3 aromatic carbocycles. The molecule has 1 unspecified atom stereocenters. The zero-order chi connectivity index (χ0) is 24.6. The van der Waals surface area contributed by atoms with Gasteiger partial charge in [-0.1, -0.05) is 17.7 Å². The lowest BCUT2D eigenvalue weighted by atomic mass is 9.94. The second-order valence-corrected chi connectivity index (χ2v) is 7.91. The first-order valence-corrected chi connectivity index (χ1v) is 10.6. The highest BCUT2D eigenvalue weighted by atomic mass is 35.5. The number of carbonyl (C=O) groups is 2. The smallest absolute Gasteiger partial charge is 0.300 e. The van der Waals surface area contributed by atoms with Gasteiger partial charge in [-0.2, -0.15) is 0 Å². The van der Waals surface area contributed by atoms with Crippen LogP contribution in [0.3, 0.4) is 0 Å². The molecule has 1 heterocycles. The molecule has 1 fully saturated rings. The Labute approximate surface area is 198 Å². The molecule has 1 atom stereocenters. The van der Waals surface area contributed by atoms with E-state index < -0.39 is 29.3 Å². The van der Waals surface area contributed by atoms with Crippen LogP contribution >= 0.6 is 11.6 Å². The van der Waals surface area contributed by atoms with Crippen molar-refractivity contribution in [2.24, 2.45) is 0 Å². The standard InChI is InChI=1S/C25H19ClFNO6/c1-2-34-20-11-14(5-9-19(20)30)22-21(23(31)13-3-7-16(27)8-4-13)24(32)25(33)28(22)17-12-15(26)6-10-18(17)29/h3-12,22,29-31H,2H2,1H3/b23-21+. The summed E-state index contributed by atoms with van der Waals surface area (Å²) < 4.78 is 18.9. The van der Waals surface area contributed by atoms with Gasteiger partial charge in [0.2, 0.25) is 0 Å². The molecule has 4 rings (SSSR count). The van der Waals surface area contributed by atoms with E-state index in [0.717, 1.165) is 17.0 Å². The summed E-state index contributed by atoms with van der Waals surface area (Å²) in [5.41, 5.74) is 0.0833. The summed E-state index contributed by atoms with van der Waals surface area (Å²) in [5.74, 6) is -3.48. The fourth-order valence-corrected chi connectivity index (χ4v) is 3.99. The third-order valence-electron chi connectivity index (χ3n) is 5.36. The third-order valence-corrected chi connectivity index (χ3v) is 5.59. The summed E-state index contributed by atoms with van der Waals surface area (Å²) in [7, 11) is 0. The Morgan fingerprint density at radius 2 is 1.71 bits per heavy atom. The minimum atomic E-state index is -1.21. The van der Waals surface area contributed by atoms with Gasteiger partial charge in [0.25, 0.3) is 11.7 Å². The summed E-state index contributed by atoms with van der Waals surface area (Å²) in [4.78, 5) is 27.3. The van der Waals surface area contributed by atoms with Gasteiger partial charge in [-0.3, -0.25) is 14.5 Å². The van der Waals surface area contributed by atoms with Gasteiger partial charge in [0.05, 0.1) is 23.9 Å². The van der Waals surface area contributed by atoms with Gasteiger partial charge in [-0.15, -0.1) is 0 Å². The molecule has 0 aromatic heterocycles. The number of aromatic hydroxyl groups is 2. The van der Waals surface area contributed by atoms with Crippen molar-refractivity contribution in [3.05, 3.63) is 88.2 Å². The second-order valence-electron chi connectivity index (χ2n) is 7.47. The number of amides is 1. The Morgan fingerprint density at radius 3 is 2.38 bits per heavy atom. The van der Waals surface area contributed by atoms with Gasteiger partial charge in [-0.25, -0.2) is 4.39 Å². The van der Waals surface area contributed by atoms with E-state index in [1.165, 1.54) is 48.5 Å². The lowest BCUT2D eigenvalue weighted by Gasteiger charge is -2.26.